The molecule has 10 aromatic rings. The number of hydrogen-bond acceptors (Lipinski definition) is 3. The van der Waals surface area contributed by atoms with Gasteiger partial charge >= 0.3 is 0 Å². The van der Waals surface area contributed by atoms with E-state index in [1.54, 1.807) is 6.20 Å². The van der Waals surface area contributed by atoms with E-state index in [4.69, 9.17) is 11.1 Å². The van der Waals surface area contributed by atoms with Crippen LogP contribution in [0.15, 0.2) is 231 Å². The number of allylic oxidation sites excluding steroid dienone is 6. The van der Waals surface area contributed by atoms with Gasteiger partial charge in [-0.3, -0.25) is 9.55 Å². The Morgan fingerprint density at radius 2 is 1.03 bits per heavy atom. The van der Waals surface area contributed by atoms with Gasteiger partial charge in [0, 0.05) is 35.3 Å². The summed E-state index contributed by atoms with van der Waals surface area (Å²) in [6.07, 6.45) is 13.7. The van der Waals surface area contributed by atoms with Gasteiger partial charge in [0.15, 0.2) is 0 Å². The van der Waals surface area contributed by atoms with E-state index in [0.717, 1.165) is 43.9 Å². The molecule has 0 aliphatic carbocycles. The fourth-order valence-electron chi connectivity index (χ4n) is 8.82. The molecular weight excluding hydrogens is 765 g/mol. The Morgan fingerprint density at radius 1 is 0.524 bits per heavy atom. The molecule has 0 aliphatic rings. The van der Waals surface area contributed by atoms with Gasteiger partial charge in [0.05, 0.1) is 11.0 Å². The third-order valence-electron chi connectivity index (χ3n) is 11.9. The molecule has 0 saturated heterocycles. The van der Waals surface area contributed by atoms with Crippen LogP contribution in [0.2, 0.25) is 0 Å². The minimum atomic E-state index is 0.448. The molecule has 0 spiro atoms. The monoisotopic (exact) mass is 808 g/mol. The molecule has 0 bridgehead atoms. The highest BCUT2D eigenvalue weighted by Gasteiger charge is 2.18. The van der Waals surface area contributed by atoms with E-state index in [9.17, 15) is 0 Å². The van der Waals surface area contributed by atoms with Crippen molar-refractivity contribution in [3.05, 3.63) is 237 Å². The molecule has 300 valence electrons. The zero-order valence-electron chi connectivity index (χ0n) is 34.7. The second-order valence-electron chi connectivity index (χ2n) is 15.8. The van der Waals surface area contributed by atoms with Crippen molar-refractivity contribution in [3.63, 3.8) is 0 Å². The number of fused-ring (bicyclic) bond motifs is 5. The Hall–Kier alpha value is -8.34. The smallest absolute Gasteiger partial charge is 0.108 e. The van der Waals surface area contributed by atoms with Crippen LogP contribution >= 0.6 is 0 Å². The van der Waals surface area contributed by atoms with Gasteiger partial charge in [-0.2, -0.15) is 0 Å². The summed E-state index contributed by atoms with van der Waals surface area (Å²) in [6.45, 7) is 4.50. The number of nitrogens with one attached hydrogen (secondary N) is 1. The van der Waals surface area contributed by atoms with Gasteiger partial charge in [-0.1, -0.05) is 189 Å². The van der Waals surface area contributed by atoms with Gasteiger partial charge in [-0.15, -0.1) is 0 Å². The lowest BCUT2D eigenvalue weighted by atomic mass is 9.84. The second-order valence-corrected chi connectivity index (χ2v) is 15.8. The normalized spacial score (nSPS) is 12.0. The zero-order valence-corrected chi connectivity index (χ0v) is 34.7. The Kier molecular flexibility index (Phi) is 10.5. The van der Waals surface area contributed by atoms with E-state index in [1.165, 1.54) is 55.1 Å². The highest BCUT2D eigenvalue weighted by atomic mass is 15.1. The summed E-state index contributed by atoms with van der Waals surface area (Å²) in [6, 6.07) is 64.6. The highest BCUT2D eigenvalue weighted by molar-refractivity contribution is 6.22. The average Bonchev–Trinajstić information content (AvgIpc) is 3.69. The van der Waals surface area contributed by atoms with Crippen molar-refractivity contribution in [2.75, 3.05) is 0 Å². The van der Waals surface area contributed by atoms with E-state index in [2.05, 4.69) is 175 Å². The Morgan fingerprint density at radius 3 is 1.67 bits per heavy atom. The first-order valence-electron chi connectivity index (χ1n) is 21.2. The van der Waals surface area contributed by atoms with Gasteiger partial charge in [-0.05, 0) is 108 Å². The molecule has 0 saturated carbocycles. The Balaban J connectivity index is 0.978. The van der Waals surface area contributed by atoms with Crippen molar-refractivity contribution >= 4 is 60.5 Å². The molecule has 8 aromatic carbocycles. The van der Waals surface area contributed by atoms with Crippen LogP contribution in [-0.2, 0) is 0 Å². The Labute approximate surface area is 367 Å². The van der Waals surface area contributed by atoms with Gasteiger partial charge in [0.1, 0.15) is 5.82 Å². The van der Waals surface area contributed by atoms with Crippen molar-refractivity contribution in [2.24, 2.45) is 5.73 Å². The molecule has 4 nitrogen and oxygen atoms in total. The summed E-state index contributed by atoms with van der Waals surface area (Å²) < 4.78 is 2.05. The minimum absolute atomic E-state index is 0.448. The lowest BCUT2D eigenvalue weighted by molar-refractivity contribution is 1.17. The summed E-state index contributed by atoms with van der Waals surface area (Å²) in [5, 5.41) is 15.7. The molecular formula is C59H44N4. The standard InChI is InChI=1S/C59H44N4/c1-40(24-34-48(60)18-8-13-23-57(61)63-55-22-12-11-19-49(55)54-39-62-37-36-56(54)63)47-33-35-52-53(38-47)59(46-31-27-44(28-32-46)42-16-6-3-7-17-42)51-21-10-9-20-50(51)58(52)45-29-25-43(26-30-45)41-14-4-2-5-15-41/h2-17,19-39,60H,1,18,61H2/b13-8-,34-24-,57-23+,60-48?. The largest absolute Gasteiger partial charge is 0.385 e. The maximum absolute atomic E-state index is 8.78. The number of rotatable bonds is 11. The number of benzene rings is 8. The van der Waals surface area contributed by atoms with Gasteiger partial charge in [-0.25, -0.2) is 0 Å². The lowest BCUT2D eigenvalue weighted by Gasteiger charge is -2.19. The van der Waals surface area contributed by atoms with Crippen molar-refractivity contribution in [2.45, 2.75) is 6.42 Å². The number of nitrogens with zero attached hydrogens (tertiary/aromatic N) is 2. The molecule has 0 amide bonds. The molecule has 2 aromatic heterocycles. The number of hydrogen-bond donors (Lipinski definition) is 2. The molecule has 10 rings (SSSR count). The van der Waals surface area contributed by atoms with Gasteiger partial charge < -0.3 is 11.1 Å². The van der Waals surface area contributed by atoms with Crippen molar-refractivity contribution < 1.29 is 0 Å². The molecule has 0 radical (unpaired) electrons. The molecule has 0 atom stereocenters. The maximum atomic E-state index is 8.78. The number of aromatic nitrogens is 2. The van der Waals surface area contributed by atoms with Gasteiger partial charge in [0.25, 0.3) is 0 Å². The van der Waals surface area contributed by atoms with Crippen LogP contribution in [-0.4, -0.2) is 15.3 Å². The van der Waals surface area contributed by atoms with E-state index in [1.807, 2.05) is 59.3 Å². The van der Waals surface area contributed by atoms with Crippen LogP contribution in [0.1, 0.15) is 12.0 Å². The molecule has 4 heteroatoms. The Bertz CT molecular complexity index is 3370. The highest BCUT2D eigenvalue weighted by Crippen LogP contribution is 2.45. The summed E-state index contributed by atoms with van der Waals surface area (Å²) in [7, 11) is 0. The van der Waals surface area contributed by atoms with E-state index >= 15 is 0 Å². The van der Waals surface area contributed by atoms with Crippen LogP contribution in [0.5, 0.6) is 0 Å². The van der Waals surface area contributed by atoms with Crippen LogP contribution in [0.4, 0.5) is 0 Å². The van der Waals surface area contributed by atoms with Crippen LogP contribution in [0.25, 0.3) is 99.3 Å². The first-order valence-corrected chi connectivity index (χ1v) is 21.2. The number of nitrogens with two attached hydrogens (primary N) is 1. The molecule has 0 aliphatic heterocycles. The van der Waals surface area contributed by atoms with Crippen LogP contribution in [0, 0.1) is 5.41 Å². The molecule has 0 fully saturated rings. The fourth-order valence-corrected chi connectivity index (χ4v) is 8.82. The summed E-state index contributed by atoms with van der Waals surface area (Å²) in [5.74, 6) is 0.599. The predicted molar refractivity (Wildman–Crippen MR) is 269 cm³/mol. The first-order chi connectivity index (χ1) is 31.0. The maximum Gasteiger partial charge on any atom is 0.108 e. The lowest BCUT2D eigenvalue weighted by Crippen LogP contribution is -2.05. The van der Waals surface area contributed by atoms with Crippen molar-refractivity contribution in [1.82, 2.24) is 9.55 Å². The first kappa shape index (κ1) is 38.8. The van der Waals surface area contributed by atoms with Crippen molar-refractivity contribution in [3.8, 4) is 44.5 Å². The number of para-hydroxylation sites is 1. The van der Waals surface area contributed by atoms with E-state index in [0.29, 0.717) is 18.0 Å². The number of pyridine rings is 1. The third-order valence-corrected chi connectivity index (χ3v) is 11.9. The second kappa shape index (κ2) is 17.0. The van der Waals surface area contributed by atoms with Gasteiger partial charge in [0.2, 0.25) is 0 Å². The molecule has 3 N–H and O–H groups in total. The minimum Gasteiger partial charge on any atom is -0.385 e. The average molecular weight is 809 g/mol. The van der Waals surface area contributed by atoms with Crippen molar-refractivity contribution in [1.29, 1.82) is 5.41 Å². The fraction of sp³-hybridized carbons (Fsp3) is 0.0169. The zero-order chi connectivity index (χ0) is 42.7. The van der Waals surface area contributed by atoms with E-state index in [-0.39, 0.29) is 0 Å². The molecule has 0 unspecified atom stereocenters. The quantitative estimate of drug-likeness (QED) is 0.0776. The summed E-state index contributed by atoms with van der Waals surface area (Å²) in [5.41, 5.74) is 20.4. The van der Waals surface area contributed by atoms with Crippen LogP contribution in [0.3, 0.4) is 0 Å². The van der Waals surface area contributed by atoms with Crippen LogP contribution < -0.4 is 5.73 Å². The molecule has 2 heterocycles. The SMILES string of the molecule is C=C(/C=C\C(=N)C/C=C\C=C(/N)n1c2ccccc2c2cnccc21)c1ccc2c(-c3ccc(-c4ccccc4)cc3)c3ccccc3c(-c3ccc(-c4ccccc4)cc3)c2c1. The summed E-state index contributed by atoms with van der Waals surface area (Å²) >= 11 is 0. The topological polar surface area (TPSA) is 67.7 Å². The molecule has 63 heavy (non-hydrogen) atoms. The third kappa shape index (κ3) is 7.56. The van der Waals surface area contributed by atoms with E-state index < -0.39 is 0 Å². The predicted octanol–water partition coefficient (Wildman–Crippen LogP) is 15.2. The summed E-state index contributed by atoms with van der Waals surface area (Å²) in [4.78, 5) is 4.33.